The van der Waals surface area contributed by atoms with Crippen molar-refractivity contribution in [3.05, 3.63) is 34.9 Å². The van der Waals surface area contributed by atoms with Crippen molar-refractivity contribution >= 4 is 30.0 Å². The first-order valence-electron chi connectivity index (χ1n) is 10.5. The minimum atomic E-state index is -1.65. The van der Waals surface area contributed by atoms with Gasteiger partial charge in [-0.25, -0.2) is 14.4 Å². The van der Waals surface area contributed by atoms with Crippen molar-refractivity contribution in [3.8, 4) is 0 Å². The summed E-state index contributed by atoms with van der Waals surface area (Å²) in [6.07, 6.45) is -5.32. The van der Waals surface area contributed by atoms with Crippen LogP contribution in [0.3, 0.4) is 0 Å². The van der Waals surface area contributed by atoms with Gasteiger partial charge in [0.2, 0.25) is 0 Å². The predicted molar refractivity (Wildman–Crippen MR) is 123 cm³/mol. The van der Waals surface area contributed by atoms with Crippen LogP contribution in [0.5, 0.6) is 0 Å². The molecule has 1 aromatic carbocycles. The summed E-state index contributed by atoms with van der Waals surface area (Å²) in [5.41, 5.74) is 12.7. The first-order valence-corrected chi connectivity index (χ1v) is 10.5. The van der Waals surface area contributed by atoms with Gasteiger partial charge in [-0.15, -0.1) is 0 Å². The Kier molecular flexibility index (Phi) is 10.2. The lowest BCUT2D eigenvalue weighted by molar-refractivity contribution is -0.135. The quantitative estimate of drug-likeness (QED) is 0.212. The van der Waals surface area contributed by atoms with Gasteiger partial charge >= 0.3 is 18.2 Å². The lowest BCUT2D eigenvalue weighted by Crippen LogP contribution is -2.37. The van der Waals surface area contributed by atoms with Gasteiger partial charge in [0.15, 0.2) is 12.2 Å². The molecule has 0 radical (unpaired) electrons. The second-order valence-electron chi connectivity index (χ2n) is 9.39. The molecule has 0 saturated carbocycles. The zero-order chi connectivity index (χ0) is 27.8. The zero-order valence-corrected chi connectivity index (χ0v) is 21.1. The SMILES string of the molecule is COC(=O)c1cc(C(ONC(=O)OC(C)(C)C)C(N)=O)cc(C(ONC(=O)OC(C)(C)C)C(N)=O)c1. The van der Waals surface area contributed by atoms with Crippen molar-refractivity contribution in [2.45, 2.75) is 65.0 Å². The van der Waals surface area contributed by atoms with Gasteiger partial charge in [-0.3, -0.25) is 19.3 Å². The largest absolute Gasteiger partial charge is 0.465 e. The smallest absolute Gasteiger partial charge is 0.431 e. The molecule has 0 aliphatic heterocycles. The lowest BCUT2D eigenvalue weighted by Gasteiger charge is -2.23. The Bertz CT molecular complexity index is 929. The third-order valence-electron chi connectivity index (χ3n) is 3.84. The van der Waals surface area contributed by atoms with Crippen molar-refractivity contribution in [1.29, 1.82) is 0 Å². The van der Waals surface area contributed by atoms with Gasteiger partial charge in [0.05, 0.1) is 12.7 Å². The van der Waals surface area contributed by atoms with E-state index in [1.165, 1.54) is 18.2 Å². The fourth-order valence-electron chi connectivity index (χ4n) is 2.61. The second kappa shape index (κ2) is 12.2. The fourth-order valence-corrected chi connectivity index (χ4v) is 2.61. The van der Waals surface area contributed by atoms with Gasteiger partial charge in [0, 0.05) is 0 Å². The number of amides is 4. The standard InChI is InChI=1S/C22H32N4O10/c1-21(2,3)33-19(30)25-35-14(16(23)27)11-8-12(10-13(9-11)18(29)32-7)15(17(24)28)36-26-20(31)34-22(4,5)6/h8-10,14-15H,1-7H3,(H2,23,27)(H2,24,28)(H,25,30)(H,26,31). The summed E-state index contributed by atoms with van der Waals surface area (Å²) in [5.74, 6) is -2.99. The minimum Gasteiger partial charge on any atom is -0.465 e. The highest BCUT2D eigenvalue weighted by atomic mass is 16.7. The molecule has 14 nitrogen and oxygen atoms in total. The highest BCUT2D eigenvalue weighted by Crippen LogP contribution is 2.26. The highest BCUT2D eigenvalue weighted by molar-refractivity contribution is 5.91. The maximum absolute atomic E-state index is 12.2. The van der Waals surface area contributed by atoms with Crippen LogP contribution in [0.1, 0.15) is 75.2 Å². The maximum atomic E-state index is 12.2. The molecule has 0 spiro atoms. The Morgan fingerprint density at radius 3 is 1.36 bits per heavy atom. The summed E-state index contributed by atoms with van der Waals surface area (Å²) in [6.45, 7) is 9.66. The van der Waals surface area contributed by atoms with Crippen LogP contribution in [0, 0.1) is 0 Å². The van der Waals surface area contributed by atoms with Gasteiger partial charge in [-0.2, -0.15) is 11.0 Å². The number of carbonyl (C=O) groups excluding carboxylic acids is 5. The molecule has 0 aliphatic carbocycles. The summed E-state index contributed by atoms with van der Waals surface area (Å²) in [7, 11) is 1.10. The molecule has 36 heavy (non-hydrogen) atoms. The Morgan fingerprint density at radius 2 is 1.08 bits per heavy atom. The average Bonchev–Trinajstić information content (AvgIpc) is 2.70. The van der Waals surface area contributed by atoms with Crippen LogP contribution in [0.4, 0.5) is 9.59 Å². The molecule has 0 aromatic heterocycles. The Morgan fingerprint density at radius 1 is 0.722 bits per heavy atom. The minimum absolute atomic E-state index is 0.0800. The van der Waals surface area contributed by atoms with E-state index >= 15 is 0 Å². The van der Waals surface area contributed by atoms with E-state index in [4.69, 9.17) is 35.4 Å². The molecule has 0 saturated heterocycles. The number of ether oxygens (including phenoxy) is 3. The molecule has 4 amide bonds. The van der Waals surface area contributed by atoms with Gasteiger partial charge in [-0.05, 0) is 70.9 Å². The van der Waals surface area contributed by atoms with Gasteiger partial charge in [0.1, 0.15) is 11.2 Å². The number of benzene rings is 1. The van der Waals surface area contributed by atoms with Gasteiger partial charge < -0.3 is 25.7 Å². The molecule has 0 bridgehead atoms. The third-order valence-corrected chi connectivity index (χ3v) is 3.84. The monoisotopic (exact) mass is 512 g/mol. The van der Waals surface area contributed by atoms with Crippen LogP contribution >= 0.6 is 0 Å². The highest BCUT2D eigenvalue weighted by Gasteiger charge is 2.29. The molecule has 0 heterocycles. The summed E-state index contributed by atoms with van der Waals surface area (Å²) >= 11 is 0. The van der Waals surface area contributed by atoms with E-state index in [0.29, 0.717) is 0 Å². The zero-order valence-electron chi connectivity index (χ0n) is 21.1. The molecule has 0 aliphatic rings. The van der Waals surface area contributed by atoms with Crippen molar-refractivity contribution in [3.63, 3.8) is 0 Å². The topological polar surface area (TPSA) is 208 Å². The van der Waals surface area contributed by atoms with Crippen molar-refractivity contribution in [1.82, 2.24) is 11.0 Å². The molecule has 6 N–H and O–H groups in total. The molecular formula is C22H32N4O10. The van der Waals surface area contributed by atoms with E-state index in [1.807, 2.05) is 11.0 Å². The van der Waals surface area contributed by atoms with Crippen LogP contribution in [0.2, 0.25) is 0 Å². The predicted octanol–water partition coefficient (Wildman–Crippen LogP) is 1.44. The van der Waals surface area contributed by atoms with E-state index in [0.717, 1.165) is 7.11 Å². The average molecular weight is 513 g/mol. The molecule has 0 fully saturated rings. The number of hydrogen-bond donors (Lipinski definition) is 4. The van der Waals surface area contributed by atoms with Gasteiger partial charge in [0.25, 0.3) is 11.8 Å². The number of primary amides is 2. The Balaban J connectivity index is 3.34. The van der Waals surface area contributed by atoms with Crippen molar-refractivity contribution < 1.29 is 47.9 Å². The normalized spacial score (nSPS) is 13.1. The van der Waals surface area contributed by atoms with E-state index < -0.39 is 53.4 Å². The summed E-state index contributed by atoms with van der Waals surface area (Å²) in [5, 5.41) is 0. The summed E-state index contributed by atoms with van der Waals surface area (Å²) in [4.78, 5) is 70.5. The van der Waals surface area contributed by atoms with Crippen LogP contribution in [0.15, 0.2) is 18.2 Å². The molecule has 14 heteroatoms. The molecule has 200 valence electrons. The van der Waals surface area contributed by atoms with Crippen LogP contribution in [0.25, 0.3) is 0 Å². The molecule has 2 atom stereocenters. The fraction of sp³-hybridized carbons (Fsp3) is 0.500. The second-order valence-corrected chi connectivity index (χ2v) is 9.39. The van der Waals surface area contributed by atoms with Crippen molar-refractivity contribution in [2.24, 2.45) is 11.5 Å². The number of nitrogens with two attached hydrogens (primary N) is 2. The number of nitrogens with one attached hydrogen (secondary N) is 2. The van der Waals surface area contributed by atoms with E-state index in [9.17, 15) is 24.0 Å². The maximum Gasteiger partial charge on any atom is 0.431 e. The molecule has 1 aromatic rings. The lowest BCUT2D eigenvalue weighted by atomic mass is 9.98. The Labute approximate surface area is 207 Å². The van der Waals surface area contributed by atoms with Crippen molar-refractivity contribution in [2.75, 3.05) is 7.11 Å². The number of hydroxylamine groups is 2. The van der Waals surface area contributed by atoms with E-state index in [-0.39, 0.29) is 16.7 Å². The Hall–Kier alpha value is -3.91. The molecule has 1 rings (SSSR count). The number of rotatable bonds is 9. The number of carbonyl (C=O) groups is 5. The number of methoxy groups -OCH3 is 1. The number of hydrogen-bond acceptors (Lipinski definition) is 10. The molecular weight excluding hydrogens is 480 g/mol. The molecule has 2 unspecified atom stereocenters. The summed E-state index contributed by atoms with van der Waals surface area (Å²) < 4.78 is 14.8. The van der Waals surface area contributed by atoms with Crippen LogP contribution < -0.4 is 22.4 Å². The summed E-state index contributed by atoms with van der Waals surface area (Å²) in [6, 6.07) is 3.56. The number of esters is 1. The third kappa shape index (κ3) is 10.1. The van der Waals surface area contributed by atoms with Crippen LogP contribution in [-0.4, -0.2) is 48.3 Å². The van der Waals surface area contributed by atoms with Gasteiger partial charge in [-0.1, -0.05) is 0 Å². The first kappa shape index (κ1) is 30.1. The van der Waals surface area contributed by atoms with Crippen LogP contribution in [-0.2, 0) is 33.5 Å². The van der Waals surface area contributed by atoms with E-state index in [1.54, 1.807) is 41.5 Å². The van der Waals surface area contributed by atoms with E-state index in [2.05, 4.69) is 0 Å². The first-order chi connectivity index (χ1) is 16.4.